The van der Waals surface area contributed by atoms with E-state index in [4.69, 9.17) is 4.74 Å². The summed E-state index contributed by atoms with van der Waals surface area (Å²) < 4.78 is 18.2. The topological polar surface area (TPSA) is 38.3 Å². The molecular weight excluding hydrogens is 269 g/mol. The summed E-state index contributed by atoms with van der Waals surface area (Å²) in [6.07, 6.45) is 0.165. The number of methoxy groups -OCH3 is 1. The van der Waals surface area contributed by atoms with Gasteiger partial charge in [0, 0.05) is 0 Å². The van der Waals surface area contributed by atoms with Crippen molar-refractivity contribution in [2.45, 2.75) is 19.4 Å². The second-order valence-electron chi connectivity index (χ2n) is 4.87. The van der Waals surface area contributed by atoms with Crippen molar-refractivity contribution in [2.75, 3.05) is 7.11 Å². The Morgan fingerprint density at radius 3 is 2.57 bits per heavy atom. The zero-order chi connectivity index (χ0) is 15.2. The molecule has 0 heterocycles. The van der Waals surface area contributed by atoms with Gasteiger partial charge in [-0.3, -0.25) is 4.79 Å². The van der Waals surface area contributed by atoms with Gasteiger partial charge in [0.2, 0.25) is 5.91 Å². The maximum atomic E-state index is 13.1. The number of halogens is 1. The second-order valence-corrected chi connectivity index (χ2v) is 4.87. The van der Waals surface area contributed by atoms with E-state index in [2.05, 4.69) is 5.32 Å². The normalized spacial score (nSPS) is 11.8. The number of ether oxygens (including phenoxy) is 1. The molecule has 110 valence electrons. The monoisotopic (exact) mass is 287 g/mol. The van der Waals surface area contributed by atoms with Gasteiger partial charge in [-0.25, -0.2) is 4.39 Å². The highest BCUT2D eigenvalue weighted by Gasteiger charge is 2.10. The summed E-state index contributed by atoms with van der Waals surface area (Å²) in [7, 11) is 1.61. The quantitative estimate of drug-likeness (QED) is 0.916. The first-order chi connectivity index (χ1) is 10.1. The number of rotatable bonds is 5. The molecule has 0 saturated carbocycles. The third kappa shape index (κ3) is 4.31. The largest absolute Gasteiger partial charge is 0.497 e. The van der Waals surface area contributed by atoms with Crippen LogP contribution in [0.15, 0.2) is 48.5 Å². The fourth-order valence-corrected chi connectivity index (χ4v) is 2.10. The highest BCUT2D eigenvalue weighted by Crippen LogP contribution is 2.17. The van der Waals surface area contributed by atoms with Crippen LogP contribution in [-0.2, 0) is 11.2 Å². The number of carbonyl (C=O) groups excluding carboxylic acids is 1. The van der Waals surface area contributed by atoms with Gasteiger partial charge < -0.3 is 10.1 Å². The summed E-state index contributed by atoms with van der Waals surface area (Å²) in [5.41, 5.74) is 1.65. The highest BCUT2D eigenvalue weighted by atomic mass is 19.1. The van der Waals surface area contributed by atoms with Crippen molar-refractivity contribution in [3.63, 3.8) is 0 Å². The predicted octanol–water partition coefficient (Wildman–Crippen LogP) is 3.25. The number of hydrogen-bond acceptors (Lipinski definition) is 2. The van der Waals surface area contributed by atoms with Crippen LogP contribution >= 0.6 is 0 Å². The standard InChI is InChI=1S/C17H18FNO2/c1-12(14-6-8-16(21-2)9-7-14)19-17(20)11-13-4-3-5-15(18)10-13/h3-10,12H,11H2,1-2H3,(H,19,20)/t12-/m1/s1. The lowest BCUT2D eigenvalue weighted by molar-refractivity contribution is -0.121. The second kappa shape index (κ2) is 6.88. The third-order valence-electron chi connectivity index (χ3n) is 3.25. The maximum Gasteiger partial charge on any atom is 0.224 e. The summed E-state index contributed by atoms with van der Waals surface area (Å²) in [6.45, 7) is 1.91. The van der Waals surface area contributed by atoms with Crippen molar-refractivity contribution in [1.82, 2.24) is 5.32 Å². The predicted molar refractivity (Wildman–Crippen MR) is 79.7 cm³/mol. The van der Waals surface area contributed by atoms with Crippen LogP contribution in [0.3, 0.4) is 0 Å². The van der Waals surface area contributed by atoms with Crippen LogP contribution in [0, 0.1) is 5.82 Å². The molecule has 0 aliphatic heterocycles. The van der Waals surface area contributed by atoms with Gasteiger partial charge in [-0.1, -0.05) is 24.3 Å². The number of hydrogen-bond donors (Lipinski definition) is 1. The Hall–Kier alpha value is -2.36. The smallest absolute Gasteiger partial charge is 0.224 e. The summed E-state index contributed by atoms with van der Waals surface area (Å²) in [6, 6.07) is 13.5. The first kappa shape index (κ1) is 15.0. The van der Waals surface area contributed by atoms with E-state index in [1.807, 2.05) is 31.2 Å². The molecule has 2 rings (SSSR count). The van der Waals surface area contributed by atoms with Crippen LogP contribution in [0.1, 0.15) is 24.1 Å². The lowest BCUT2D eigenvalue weighted by atomic mass is 10.1. The van der Waals surface area contributed by atoms with Gasteiger partial charge in [-0.2, -0.15) is 0 Å². The minimum absolute atomic E-state index is 0.114. The number of amides is 1. The maximum absolute atomic E-state index is 13.1. The molecule has 0 radical (unpaired) electrons. The average molecular weight is 287 g/mol. The van der Waals surface area contributed by atoms with Crippen LogP contribution in [0.4, 0.5) is 4.39 Å². The number of nitrogens with one attached hydrogen (secondary N) is 1. The fourth-order valence-electron chi connectivity index (χ4n) is 2.10. The van der Waals surface area contributed by atoms with Gasteiger partial charge in [0.15, 0.2) is 0 Å². The summed E-state index contributed by atoms with van der Waals surface area (Å²) in [4.78, 5) is 12.0. The van der Waals surface area contributed by atoms with Gasteiger partial charge in [0.25, 0.3) is 0 Å². The fraction of sp³-hybridized carbons (Fsp3) is 0.235. The molecule has 21 heavy (non-hydrogen) atoms. The highest BCUT2D eigenvalue weighted by molar-refractivity contribution is 5.79. The lowest BCUT2D eigenvalue weighted by Crippen LogP contribution is -2.28. The van der Waals surface area contributed by atoms with E-state index in [0.29, 0.717) is 5.56 Å². The minimum atomic E-state index is -0.330. The SMILES string of the molecule is COc1ccc([C@@H](C)NC(=O)Cc2cccc(F)c2)cc1. The van der Waals surface area contributed by atoms with E-state index < -0.39 is 0 Å². The summed E-state index contributed by atoms with van der Waals surface area (Å²) in [5.74, 6) is 0.310. The van der Waals surface area contributed by atoms with Crippen LogP contribution in [-0.4, -0.2) is 13.0 Å². The van der Waals surface area contributed by atoms with E-state index in [0.717, 1.165) is 11.3 Å². The van der Waals surface area contributed by atoms with Gasteiger partial charge in [0.1, 0.15) is 11.6 Å². The van der Waals surface area contributed by atoms with Gasteiger partial charge in [-0.05, 0) is 42.3 Å². The minimum Gasteiger partial charge on any atom is -0.497 e. The molecule has 2 aromatic carbocycles. The Kier molecular flexibility index (Phi) is 4.93. The first-order valence-corrected chi connectivity index (χ1v) is 6.76. The molecule has 0 saturated heterocycles. The Balaban J connectivity index is 1.95. The van der Waals surface area contributed by atoms with E-state index in [1.165, 1.54) is 12.1 Å². The number of benzene rings is 2. The van der Waals surface area contributed by atoms with Crippen LogP contribution in [0.25, 0.3) is 0 Å². The van der Waals surface area contributed by atoms with Crippen molar-refractivity contribution in [1.29, 1.82) is 0 Å². The zero-order valence-electron chi connectivity index (χ0n) is 12.1. The van der Waals surface area contributed by atoms with Crippen LogP contribution in [0.5, 0.6) is 5.75 Å². The van der Waals surface area contributed by atoms with Crippen molar-refractivity contribution in [3.05, 3.63) is 65.5 Å². The zero-order valence-corrected chi connectivity index (χ0v) is 12.1. The Morgan fingerprint density at radius 1 is 1.24 bits per heavy atom. The van der Waals surface area contributed by atoms with Crippen LogP contribution < -0.4 is 10.1 Å². The van der Waals surface area contributed by atoms with E-state index in [1.54, 1.807) is 19.2 Å². The van der Waals surface area contributed by atoms with Crippen molar-refractivity contribution in [3.8, 4) is 5.75 Å². The van der Waals surface area contributed by atoms with Crippen LogP contribution in [0.2, 0.25) is 0 Å². The molecule has 2 aromatic rings. The molecule has 4 heteroatoms. The average Bonchev–Trinajstić information content (AvgIpc) is 2.47. The molecule has 0 aromatic heterocycles. The Bertz CT molecular complexity index is 610. The third-order valence-corrected chi connectivity index (χ3v) is 3.25. The van der Waals surface area contributed by atoms with Crippen molar-refractivity contribution in [2.24, 2.45) is 0 Å². The Labute approximate surface area is 123 Å². The molecule has 1 amide bonds. The summed E-state index contributed by atoms with van der Waals surface area (Å²) in [5, 5.41) is 2.90. The lowest BCUT2D eigenvalue weighted by Gasteiger charge is -2.15. The molecule has 3 nitrogen and oxygen atoms in total. The summed E-state index contributed by atoms with van der Waals surface area (Å²) >= 11 is 0. The molecule has 0 aliphatic rings. The molecule has 1 N–H and O–H groups in total. The van der Waals surface area contributed by atoms with Crippen molar-refractivity contribution >= 4 is 5.91 Å². The molecule has 0 spiro atoms. The van der Waals surface area contributed by atoms with E-state index in [9.17, 15) is 9.18 Å². The first-order valence-electron chi connectivity index (χ1n) is 6.76. The molecule has 0 fully saturated rings. The van der Waals surface area contributed by atoms with Crippen molar-refractivity contribution < 1.29 is 13.9 Å². The van der Waals surface area contributed by atoms with E-state index >= 15 is 0 Å². The van der Waals surface area contributed by atoms with Gasteiger partial charge in [0.05, 0.1) is 19.6 Å². The molecule has 1 atom stereocenters. The Morgan fingerprint density at radius 2 is 1.95 bits per heavy atom. The molecule has 0 aliphatic carbocycles. The molecular formula is C17H18FNO2. The van der Waals surface area contributed by atoms with Gasteiger partial charge in [-0.15, -0.1) is 0 Å². The van der Waals surface area contributed by atoms with E-state index in [-0.39, 0.29) is 24.2 Å². The van der Waals surface area contributed by atoms with Gasteiger partial charge >= 0.3 is 0 Å². The number of carbonyl (C=O) groups is 1. The molecule has 0 unspecified atom stereocenters. The molecule has 0 bridgehead atoms.